The normalized spacial score (nSPS) is 35.8. The van der Waals surface area contributed by atoms with Crippen molar-refractivity contribution in [3.8, 4) is 17.5 Å². The molecule has 12 heteroatoms. The van der Waals surface area contributed by atoms with Gasteiger partial charge in [0.05, 0.1) is 36.9 Å². The average Bonchev–Trinajstić information content (AvgIpc) is 3.67. The largest absolute Gasteiger partial charge is 0.494 e. The van der Waals surface area contributed by atoms with Crippen molar-refractivity contribution >= 4 is 23.7 Å². The van der Waals surface area contributed by atoms with E-state index < -0.39 is 22.9 Å². The van der Waals surface area contributed by atoms with Crippen molar-refractivity contribution in [3.63, 3.8) is 0 Å². The molecule has 5 aliphatic rings. The Balaban J connectivity index is 1.17. The summed E-state index contributed by atoms with van der Waals surface area (Å²) in [7, 11) is 1.56. The molecule has 294 valence electrons. The van der Waals surface area contributed by atoms with E-state index >= 15 is 0 Å². The summed E-state index contributed by atoms with van der Waals surface area (Å²) >= 11 is 0. The molecule has 5 aliphatic carbocycles. The lowest BCUT2D eigenvalue weighted by Crippen LogP contribution is -2.66. The fraction of sp³-hybridized carbons (Fsp3) is 0.738. The first-order valence-electron chi connectivity index (χ1n) is 19.9. The van der Waals surface area contributed by atoms with Crippen LogP contribution in [0.3, 0.4) is 0 Å². The van der Waals surface area contributed by atoms with Crippen LogP contribution in [0.5, 0.6) is 5.75 Å². The highest BCUT2D eigenvalue weighted by atomic mass is 16.5. The molecule has 0 aromatic carbocycles. The summed E-state index contributed by atoms with van der Waals surface area (Å²) in [6, 6.07) is 0.266. The first kappa shape index (κ1) is 38.4. The van der Waals surface area contributed by atoms with Gasteiger partial charge < -0.3 is 24.3 Å². The number of carbonyl (C=O) groups is 3. The monoisotopic (exact) mass is 745 g/mol. The number of anilines is 1. The van der Waals surface area contributed by atoms with Gasteiger partial charge in [0.1, 0.15) is 6.10 Å². The first-order valence-corrected chi connectivity index (χ1v) is 19.9. The molecule has 0 amide bonds. The Morgan fingerprint density at radius 3 is 2.31 bits per heavy atom. The third-order valence-corrected chi connectivity index (χ3v) is 15.6. The Labute approximate surface area is 319 Å². The number of rotatable bonds is 9. The zero-order chi connectivity index (χ0) is 39.2. The number of methoxy groups -OCH3 is 1. The van der Waals surface area contributed by atoms with Gasteiger partial charge in [0.15, 0.2) is 11.5 Å². The second-order valence-electron chi connectivity index (χ2n) is 19.5. The van der Waals surface area contributed by atoms with Gasteiger partial charge in [-0.05, 0) is 116 Å². The highest BCUT2D eigenvalue weighted by Gasteiger charge is 2.70. The molecule has 0 bridgehead atoms. The number of ether oxygens (including phenoxy) is 2. The zero-order valence-corrected chi connectivity index (χ0v) is 33.8. The van der Waals surface area contributed by atoms with Crippen molar-refractivity contribution in [1.29, 1.82) is 0 Å². The number of ketones is 1. The molecule has 0 spiro atoms. The molecule has 54 heavy (non-hydrogen) atoms. The van der Waals surface area contributed by atoms with Crippen LogP contribution in [0.4, 0.5) is 6.01 Å². The number of carboxylic acids is 1. The molecular weight excluding hydrogens is 686 g/mol. The average molecular weight is 746 g/mol. The van der Waals surface area contributed by atoms with E-state index in [-0.39, 0.29) is 63.7 Å². The number of fused-ring (bicyclic) bond motifs is 7. The van der Waals surface area contributed by atoms with Crippen LogP contribution in [0.2, 0.25) is 0 Å². The minimum atomic E-state index is -1.17. The molecule has 7 rings (SSSR count). The van der Waals surface area contributed by atoms with Gasteiger partial charge in [-0.1, -0.05) is 53.6 Å². The number of aliphatic carboxylic acids is 1. The quantitative estimate of drug-likeness (QED) is 0.237. The standard InChI is InChI=1S/C42H59N5O7/c1-23(2)31-26(48)19-42(45-36-47-46-34(54-36)33-43-21-24(52-10)22-44-33)18-17-40(8)25(32(31)42)11-12-28-39(7)15-14-29(53-30(49)20-37(3,4)35(50)51)38(5,6)27(39)13-16-41(28,40)9/h21-23,25,27-29H,11-20H2,1-10H3,(H,45,47)(H,50,51)/t25-,27+,28-,29+,39+,40-,41-,42-/m1/s1. The fourth-order valence-electron chi connectivity index (χ4n) is 12.7. The van der Waals surface area contributed by atoms with Crippen LogP contribution in [-0.2, 0) is 19.1 Å². The highest BCUT2D eigenvalue weighted by molar-refractivity contribution is 6.02. The zero-order valence-electron chi connectivity index (χ0n) is 33.8. The van der Waals surface area contributed by atoms with Crippen molar-refractivity contribution in [3.05, 3.63) is 23.5 Å². The molecule has 12 nitrogen and oxygen atoms in total. The number of hydrogen-bond donors (Lipinski definition) is 2. The van der Waals surface area contributed by atoms with Crippen molar-refractivity contribution in [2.45, 2.75) is 138 Å². The molecule has 2 aromatic rings. The van der Waals surface area contributed by atoms with Gasteiger partial charge in [0.25, 0.3) is 5.89 Å². The van der Waals surface area contributed by atoms with E-state index in [1.807, 2.05) is 0 Å². The molecule has 4 saturated carbocycles. The highest BCUT2D eigenvalue weighted by Crippen LogP contribution is 2.76. The van der Waals surface area contributed by atoms with Crippen LogP contribution in [0, 0.1) is 50.7 Å². The van der Waals surface area contributed by atoms with E-state index in [9.17, 15) is 19.5 Å². The molecule has 0 aliphatic heterocycles. The summed E-state index contributed by atoms with van der Waals surface area (Å²) in [6.07, 6.45) is 10.7. The Morgan fingerprint density at radius 2 is 1.67 bits per heavy atom. The van der Waals surface area contributed by atoms with Crippen molar-refractivity contribution in [2.75, 3.05) is 12.4 Å². The Hall–Kier alpha value is -3.83. The molecule has 0 unspecified atom stereocenters. The minimum Gasteiger partial charge on any atom is -0.494 e. The van der Waals surface area contributed by atoms with Gasteiger partial charge in [-0.15, -0.1) is 5.10 Å². The number of allylic oxidation sites excluding steroid dienone is 1. The van der Waals surface area contributed by atoms with E-state index in [4.69, 9.17) is 13.9 Å². The second kappa shape index (κ2) is 12.9. The van der Waals surface area contributed by atoms with Gasteiger partial charge in [-0.25, -0.2) is 9.97 Å². The molecule has 0 radical (unpaired) electrons. The third kappa shape index (κ3) is 5.70. The van der Waals surface area contributed by atoms with Gasteiger partial charge in [-0.3, -0.25) is 14.4 Å². The summed E-state index contributed by atoms with van der Waals surface area (Å²) in [4.78, 5) is 47.6. The smallest absolute Gasteiger partial charge is 0.316 e. The fourth-order valence-corrected chi connectivity index (χ4v) is 12.7. The van der Waals surface area contributed by atoms with Crippen molar-refractivity contribution < 1.29 is 33.4 Å². The molecule has 2 aromatic heterocycles. The van der Waals surface area contributed by atoms with Crippen LogP contribution in [-0.4, -0.2) is 61.7 Å². The lowest BCUT2D eigenvalue weighted by molar-refractivity contribution is -0.231. The lowest BCUT2D eigenvalue weighted by atomic mass is 9.33. The number of carboxylic acid groups (broad SMARTS) is 1. The van der Waals surface area contributed by atoms with Crippen molar-refractivity contribution in [1.82, 2.24) is 20.2 Å². The molecule has 8 atom stereocenters. The number of nitrogens with one attached hydrogen (secondary N) is 1. The summed E-state index contributed by atoms with van der Waals surface area (Å²) in [5.41, 5.74) is 0.223. The van der Waals surface area contributed by atoms with Gasteiger partial charge in [0.2, 0.25) is 5.82 Å². The first-order chi connectivity index (χ1) is 25.2. The maximum atomic E-state index is 14.1. The van der Waals surface area contributed by atoms with Gasteiger partial charge in [0, 0.05) is 11.8 Å². The molecule has 2 N–H and O–H groups in total. The number of Topliss-reactive ketones (excluding diaryl/α,β-unsaturated/α-hetero) is 1. The Bertz CT molecular complexity index is 1870. The van der Waals surface area contributed by atoms with Crippen LogP contribution >= 0.6 is 0 Å². The van der Waals surface area contributed by atoms with Crippen molar-refractivity contribution in [2.24, 2.45) is 50.7 Å². The molecule has 2 heterocycles. The van der Waals surface area contributed by atoms with Crippen LogP contribution in [0.25, 0.3) is 11.7 Å². The lowest BCUT2D eigenvalue weighted by Gasteiger charge is -2.72. The summed E-state index contributed by atoms with van der Waals surface area (Å²) < 4.78 is 17.5. The summed E-state index contributed by atoms with van der Waals surface area (Å²) in [6.45, 7) is 19.5. The number of hydrogen-bond acceptors (Lipinski definition) is 11. The molecule has 4 fully saturated rings. The Morgan fingerprint density at radius 1 is 0.963 bits per heavy atom. The number of nitrogens with zero attached hydrogens (tertiary/aromatic N) is 4. The summed E-state index contributed by atoms with van der Waals surface area (Å²) in [5.74, 6) is 0.947. The SMILES string of the molecule is COc1cnc(-c2nnc(N[C@@]34CC[C@]5(C)[C@H](CC[C@@H]6[C@@]7(C)CC[C@H](OC(=O)CC(C)(C)C(=O)O)C(C)(C)[C@@H]7CC[C@]65C)C3=C(C(C)C)C(=O)C4)o2)nc1. The Kier molecular flexibility index (Phi) is 9.16. The molecular formula is C42H59N5O7. The number of aromatic nitrogens is 4. The van der Waals surface area contributed by atoms with Gasteiger partial charge >= 0.3 is 18.0 Å². The third-order valence-electron chi connectivity index (χ3n) is 15.6. The van der Waals surface area contributed by atoms with E-state index in [0.29, 0.717) is 29.8 Å². The molecule has 0 saturated heterocycles. The second-order valence-corrected chi connectivity index (χ2v) is 19.5. The van der Waals surface area contributed by atoms with E-state index in [1.54, 1.807) is 33.4 Å². The van der Waals surface area contributed by atoms with E-state index in [2.05, 4.69) is 73.9 Å². The van der Waals surface area contributed by atoms with Crippen LogP contribution in [0.1, 0.15) is 127 Å². The van der Waals surface area contributed by atoms with Crippen LogP contribution in [0.15, 0.2) is 28.0 Å². The van der Waals surface area contributed by atoms with Gasteiger partial charge in [-0.2, -0.15) is 0 Å². The number of esters is 1. The summed E-state index contributed by atoms with van der Waals surface area (Å²) in [5, 5.41) is 21.9. The van der Waals surface area contributed by atoms with E-state index in [0.717, 1.165) is 56.9 Å². The van der Waals surface area contributed by atoms with Crippen LogP contribution < -0.4 is 10.1 Å². The predicted molar refractivity (Wildman–Crippen MR) is 201 cm³/mol. The number of carbonyl (C=O) groups excluding carboxylic acids is 2. The maximum absolute atomic E-state index is 14.1. The predicted octanol–water partition coefficient (Wildman–Crippen LogP) is 8.09. The maximum Gasteiger partial charge on any atom is 0.316 e. The van der Waals surface area contributed by atoms with E-state index in [1.165, 1.54) is 5.57 Å². The minimum absolute atomic E-state index is 0.0303. The topological polar surface area (TPSA) is 167 Å².